The average molecular weight is 519 g/mol. The highest BCUT2D eigenvalue weighted by Crippen LogP contribution is 2.27. The normalized spacial score (nSPS) is 14.6. The summed E-state index contributed by atoms with van der Waals surface area (Å²) in [4.78, 5) is 24.3. The Kier molecular flexibility index (Phi) is 8.84. The highest BCUT2D eigenvalue weighted by atomic mass is 35.5. The largest absolute Gasteiger partial charge is 0.462 e. The number of benzene rings is 2. The van der Waals surface area contributed by atoms with Crippen LogP contribution in [0.4, 0.5) is 11.4 Å². The van der Waals surface area contributed by atoms with Gasteiger partial charge >= 0.3 is 5.97 Å². The van der Waals surface area contributed by atoms with Crippen molar-refractivity contribution in [2.45, 2.75) is 11.8 Å². The lowest BCUT2D eigenvalue weighted by atomic mass is 10.2. The van der Waals surface area contributed by atoms with E-state index in [1.165, 1.54) is 46.8 Å². The predicted octanol–water partition coefficient (Wildman–Crippen LogP) is 3.00. The quantitative estimate of drug-likeness (QED) is 0.309. The summed E-state index contributed by atoms with van der Waals surface area (Å²) in [5.41, 5.74) is 0.613. The molecular formula is C23H23ClN4O6S. The van der Waals surface area contributed by atoms with Gasteiger partial charge in [0.15, 0.2) is 0 Å². The number of nitrogens with zero attached hydrogens (tertiary/aromatic N) is 2. The molecule has 0 radical (unpaired) electrons. The molecule has 1 fully saturated rings. The Morgan fingerprint density at radius 3 is 2.51 bits per heavy atom. The lowest BCUT2D eigenvalue weighted by Gasteiger charge is -2.26. The van der Waals surface area contributed by atoms with E-state index in [1.54, 1.807) is 13.0 Å². The number of carbonyl (C=O) groups is 2. The van der Waals surface area contributed by atoms with Crippen molar-refractivity contribution < 1.29 is 27.5 Å². The van der Waals surface area contributed by atoms with E-state index in [0.717, 1.165) is 6.20 Å². The maximum Gasteiger partial charge on any atom is 0.338 e. The lowest BCUT2D eigenvalue weighted by molar-refractivity contribution is -0.112. The van der Waals surface area contributed by atoms with Crippen LogP contribution >= 0.6 is 11.6 Å². The van der Waals surface area contributed by atoms with E-state index in [2.05, 4.69) is 10.6 Å². The summed E-state index contributed by atoms with van der Waals surface area (Å²) < 4.78 is 37.2. The van der Waals surface area contributed by atoms with Crippen LogP contribution in [0.15, 0.2) is 59.1 Å². The van der Waals surface area contributed by atoms with E-state index in [0.29, 0.717) is 24.5 Å². The van der Waals surface area contributed by atoms with E-state index in [1.807, 2.05) is 0 Å². The predicted molar refractivity (Wildman–Crippen MR) is 129 cm³/mol. The molecule has 1 saturated heterocycles. The van der Waals surface area contributed by atoms with Crippen LogP contribution in [0.3, 0.4) is 0 Å². The van der Waals surface area contributed by atoms with Gasteiger partial charge in [0, 0.05) is 25.0 Å². The van der Waals surface area contributed by atoms with E-state index < -0.39 is 21.9 Å². The molecule has 0 saturated carbocycles. The lowest BCUT2D eigenvalue weighted by Crippen LogP contribution is -2.40. The van der Waals surface area contributed by atoms with Gasteiger partial charge in [0.05, 0.1) is 41.0 Å². The van der Waals surface area contributed by atoms with Crippen molar-refractivity contribution in [3.8, 4) is 6.07 Å². The van der Waals surface area contributed by atoms with Crippen LogP contribution in [-0.4, -0.2) is 57.5 Å². The fraction of sp³-hybridized carbons (Fsp3) is 0.261. The third kappa shape index (κ3) is 6.58. The number of esters is 1. The van der Waals surface area contributed by atoms with Crippen molar-refractivity contribution in [1.29, 1.82) is 5.26 Å². The molecule has 35 heavy (non-hydrogen) atoms. The molecule has 12 heteroatoms. The van der Waals surface area contributed by atoms with E-state index in [4.69, 9.17) is 21.1 Å². The molecule has 2 aromatic rings. The number of nitrogens with one attached hydrogen (secondary N) is 2. The van der Waals surface area contributed by atoms with Gasteiger partial charge in [0.25, 0.3) is 5.91 Å². The molecule has 0 bridgehead atoms. The van der Waals surface area contributed by atoms with Crippen LogP contribution < -0.4 is 10.6 Å². The van der Waals surface area contributed by atoms with Gasteiger partial charge in [-0.25, -0.2) is 13.2 Å². The fourth-order valence-corrected chi connectivity index (χ4v) is 4.72. The summed E-state index contributed by atoms with van der Waals surface area (Å²) in [6.07, 6.45) is 1.13. The van der Waals surface area contributed by atoms with Crippen LogP contribution in [0, 0.1) is 11.3 Å². The molecule has 1 amide bonds. The van der Waals surface area contributed by atoms with Gasteiger partial charge in [-0.15, -0.1) is 0 Å². The van der Waals surface area contributed by atoms with Gasteiger partial charge in [0.2, 0.25) is 10.0 Å². The summed E-state index contributed by atoms with van der Waals surface area (Å²) in [5, 5.41) is 14.9. The van der Waals surface area contributed by atoms with Gasteiger partial charge < -0.3 is 20.1 Å². The number of halogens is 1. The second-order valence-corrected chi connectivity index (χ2v) is 9.57. The molecule has 0 aliphatic carbocycles. The Labute approximate surface area is 208 Å². The Hall–Kier alpha value is -3.43. The number of ether oxygens (including phenoxy) is 2. The Balaban J connectivity index is 1.73. The van der Waals surface area contributed by atoms with Gasteiger partial charge in [-0.3, -0.25) is 4.79 Å². The highest BCUT2D eigenvalue weighted by Gasteiger charge is 2.26. The SMILES string of the molecule is CCOC(=O)c1ccc(NC(=O)/C(C#N)=C\Nc2cc(S(=O)(=O)N3CCOCC3)ccc2Cl)cc1. The minimum absolute atomic E-state index is 0.0179. The molecule has 1 heterocycles. The molecule has 0 atom stereocenters. The maximum atomic E-state index is 12.9. The first kappa shape index (κ1) is 26.2. The molecule has 0 unspecified atom stereocenters. The number of hydrogen-bond donors (Lipinski definition) is 2. The highest BCUT2D eigenvalue weighted by molar-refractivity contribution is 7.89. The van der Waals surface area contributed by atoms with Crippen LogP contribution in [0.5, 0.6) is 0 Å². The summed E-state index contributed by atoms with van der Waals surface area (Å²) in [7, 11) is -3.76. The topological polar surface area (TPSA) is 138 Å². The smallest absolute Gasteiger partial charge is 0.338 e. The first-order valence-electron chi connectivity index (χ1n) is 10.6. The molecular weight excluding hydrogens is 496 g/mol. The molecule has 1 aliphatic rings. The molecule has 0 spiro atoms. The maximum absolute atomic E-state index is 12.9. The van der Waals surface area contributed by atoms with Crippen molar-refractivity contribution in [3.63, 3.8) is 0 Å². The van der Waals surface area contributed by atoms with Crippen molar-refractivity contribution >= 4 is 44.9 Å². The van der Waals surface area contributed by atoms with Gasteiger partial charge in [0.1, 0.15) is 11.6 Å². The summed E-state index contributed by atoms with van der Waals surface area (Å²) >= 11 is 6.19. The number of sulfonamides is 1. The zero-order valence-electron chi connectivity index (χ0n) is 18.8. The van der Waals surface area contributed by atoms with Gasteiger partial charge in [-0.2, -0.15) is 9.57 Å². The van der Waals surface area contributed by atoms with Gasteiger partial charge in [-0.1, -0.05) is 11.6 Å². The fourth-order valence-electron chi connectivity index (χ4n) is 3.11. The monoisotopic (exact) mass is 518 g/mol. The number of anilines is 2. The number of carbonyl (C=O) groups excluding carboxylic acids is 2. The van der Waals surface area contributed by atoms with Crippen molar-refractivity contribution in [2.75, 3.05) is 43.5 Å². The molecule has 3 rings (SSSR count). The second-order valence-electron chi connectivity index (χ2n) is 7.22. The molecule has 1 aliphatic heterocycles. The molecule has 2 N–H and O–H groups in total. The second kappa shape index (κ2) is 11.8. The number of rotatable bonds is 8. The first-order valence-corrected chi connectivity index (χ1v) is 12.4. The Morgan fingerprint density at radius 2 is 1.89 bits per heavy atom. The van der Waals surface area contributed by atoms with E-state index in [-0.39, 0.29) is 40.9 Å². The number of hydrogen-bond acceptors (Lipinski definition) is 8. The third-order valence-electron chi connectivity index (χ3n) is 4.94. The zero-order valence-corrected chi connectivity index (χ0v) is 20.4. The summed E-state index contributed by atoms with van der Waals surface area (Å²) in [5.74, 6) is -1.20. The third-order valence-corrected chi connectivity index (χ3v) is 7.16. The van der Waals surface area contributed by atoms with Crippen LogP contribution in [-0.2, 0) is 24.3 Å². The van der Waals surface area contributed by atoms with E-state index in [9.17, 15) is 23.3 Å². The zero-order chi connectivity index (χ0) is 25.4. The first-order chi connectivity index (χ1) is 16.8. The summed E-state index contributed by atoms with van der Waals surface area (Å²) in [6.45, 7) is 3.05. The number of nitriles is 1. The van der Waals surface area contributed by atoms with Crippen molar-refractivity contribution in [3.05, 3.63) is 64.8 Å². The molecule has 0 aromatic heterocycles. The Morgan fingerprint density at radius 1 is 1.20 bits per heavy atom. The average Bonchev–Trinajstić information content (AvgIpc) is 2.86. The van der Waals surface area contributed by atoms with Crippen LogP contribution in [0.2, 0.25) is 5.02 Å². The molecule has 184 valence electrons. The minimum atomic E-state index is -3.76. The van der Waals surface area contributed by atoms with E-state index >= 15 is 0 Å². The van der Waals surface area contributed by atoms with Crippen LogP contribution in [0.1, 0.15) is 17.3 Å². The Bertz CT molecular complexity index is 1270. The van der Waals surface area contributed by atoms with Crippen molar-refractivity contribution in [1.82, 2.24) is 4.31 Å². The van der Waals surface area contributed by atoms with Gasteiger partial charge in [-0.05, 0) is 49.4 Å². The summed E-state index contributed by atoms with van der Waals surface area (Å²) in [6, 6.07) is 11.9. The standard InChI is InChI=1S/C23H23ClN4O6S/c1-2-34-23(30)16-3-5-18(6-4-16)27-22(29)17(14-25)15-26-21-13-19(7-8-20(21)24)35(31,32)28-9-11-33-12-10-28/h3-8,13,15,26H,2,9-12H2,1H3,(H,27,29)/b17-15-. The number of morpholine rings is 1. The molecule has 2 aromatic carbocycles. The van der Waals surface area contributed by atoms with Crippen LogP contribution in [0.25, 0.3) is 0 Å². The minimum Gasteiger partial charge on any atom is -0.462 e. The van der Waals surface area contributed by atoms with Crippen molar-refractivity contribution in [2.24, 2.45) is 0 Å². The molecule has 10 nitrogen and oxygen atoms in total. The number of amides is 1.